The number of likely N-dealkylation sites (N-methyl/N-ethyl adjacent to an activating group) is 1. The van der Waals surface area contributed by atoms with E-state index in [1.807, 2.05) is 0 Å². The van der Waals surface area contributed by atoms with Crippen LogP contribution in [0, 0.1) is 0 Å². The van der Waals surface area contributed by atoms with E-state index in [4.69, 9.17) is 4.74 Å². The fraction of sp³-hybridized carbons (Fsp3) is 0.625. The lowest BCUT2D eigenvalue weighted by Gasteiger charge is -2.30. The van der Waals surface area contributed by atoms with Crippen LogP contribution in [0.4, 0.5) is 0 Å². The minimum absolute atomic E-state index is 0. The largest absolute Gasteiger partial charge is 0.378 e. The van der Waals surface area contributed by atoms with Crippen molar-refractivity contribution < 1.29 is 4.74 Å². The molecule has 0 bridgehead atoms. The summed E-state index contributed by atoms with van der Waals surface area (Å²) >= 11 is 0. The highest BCUT2D eigenvalue weighted by atomic mass is 35.5. The Labute approximate surface area is 88.9 Å². The van der Waals surface area contributed by atoms with Crippen molar-refractivity contribution in [1.82, 2.24) is 19.9 Å². The monoisotopic (exact) mass is 216 g/mol. The first-order valence-electron chi connectivity index (χ1n) is 4.28. The Kier molecular flexibility index (Phi) is 4.19. The lowest BCUT2D eigenvalue weighted by molar-refractivity contribution is 0.00173. The van der Waals surface area contributed by atoms with Gasteiger partial charge in [-0.05, 0) is 7.05 Å². The number of hydrogen-bond acceptors (Lipinski definition) is 5. The van der Waals surface area contributed by atoms with Gasteiger partial charge >= 0.3 is 0 Å². The topological polar surface area (TPSA) is 51.1 Å². The summed E-state index contributed by atoms with van der Waals surface area (Å²) in [5, 5.41) is 0. The Hall–Kier alpha value is -0.780. The van der Waals surface area contributed by atoms with Gasteiger partial charge in [-0.3, -0.25) is 4.90 Å². The minimum Gasteiger partial charge on any atom is -0.378 e. The van der Waals surface area contributed by atoms with Crippen LogP contribution in [-0.2, 0) is 4.74 Å². The van der Waals surface area contributed by atoms with E-state index >= 15 is 0 Å². The maximum absolute atomic E-state index is 5.36. The molecule has 0 N–H and O–H groups in total. The molecule has 0 aromatic carbocycles. The third-order valence-corrected chi connectivity index (χ3v) is 2.21. The summed E-state index contributed by atoms with van der Waals surface area (Å²) in [5.74, 6) is 0.789. The highest BCUT2D eigenvalue weighted by molar-refractivity contribution is 5.85. The van der Waals surface area contributed by atoms with E-state index in [1.54, 1.807) is 0 Å². The first-order chi connectivity index (χ1) is 6.38. The molecule has 6 heteroatoms. The number of nitrogens with zero attached hydrogens (tertiary/aromatic N) is 4. The van der Waals surface area contributed by atoms with Crippen LogP contribution in [0.25, 0.3) is 0 Å². The standard InChI is InChI=1S/C8H12N4O.ClH/c1-12-2-3-13-4-7(12)8-10-5-9-6-11-8;/h5-7H,2-4H2,1H3;1H. The average Bonchev–Trinajstić information content (AvgIpc) is 2.20. The van der Waals surface area contributed by atoms with Crippen molar-refractivity contribution in [2.45, 2.75) is 6.04 Å². The van der Waals surface area contributed by atoms with Crippen molar-refractivity contribution in [1.29, 1.82) is 0 Å². The van der Waals surface area contributed by atoms with Crippen LogP contribution in [0.3, 0.4) is 0 Å². The number of morpholine rings is 1. The van der Waals surface area contributed by atoms with Gasteiger partial charge in [-0.25, -0.2) is 15.0 Å². The maximum Gasteiger partial charge on any atom is 0.151 e. The zero-order chi connectivity index (χ0) is 9.10. The van der Waals surface area contributed by atoms with Gasteiger partial charge in [0.2, 0.25) is 0 Å². The van der Waals surface area contributed by atoms with Gasteiger partial charge < -0.3 is 4.74 Å². The van der Waals surface area contributed by atoms with Crippen LogP contribution in [0.1, 0.15) is 11.9 Å². The number of halogens is 1. The summed E-state index contributed by atoms with van der Waals surface area (Å²) in [6.07, 6.45) is 3.04. The Balaban J connectivity index is 0.000000980. The van der Waals surface area contributed by atoms with Crippen molar-refractivity contribution in [3.63, 3.8) is 0 Å². The molecule has 1 aliphatic rings. The molecule has 2 heterocycles. The summed E-state index contributed by atoms with van der Waals surface area (Å²) < 4.78 is 5.36. The van der Waals surface area contributed by atoms with E-state index in [0.29, 0.717) is 6.61 Å². The quantitative estimate of drug-likeness (QED) is 0.676. The second-order valence-electron chi connectivity index (χ2n) is 3.07. The number of ether oxygens (including phenoxy) is 1. The van der Waals surface area contributed by atoms with Gasteiger partial charge in [-0.1, -0.05) is 0 Å². The van der Waals surface area contributed by atoms with Crippen LogP contribution in [0.15, 0.2) is 12.7 Å². The predicted molar refractivity (Wildman–Crippen MR) is 53.3 cm³/mol. The normalized spacial score (nSPS) is 22.8. The SMILES string of the molecule is CN1CCOCC1c1ncncn1.Cl. The second kappa shape index (κ2) is 5.19. The average molecular weight is 217 g/mol. The van der Waals surface area contributed by atoms with Crippen LogP contribution >= 0.6 is 12.4 Å². The van der Waals surface area contributed by atoms with Crippen molar-refractivity contribution in [2.75, 3.05) is 26.8 Å². The van der Waals surface area contributed by atoms with Gasteiger partial charge in [0.15, 0.2) is 5.82 Å². The van der Waals surface area contributed by atoms with E-state index in [9.17, 15) is 0 Å². The summed E-state index contributed by atoms with van der Waals surface area (Å²) in [6, 6.07) is 0.178. The fourth-order valence-corrected chi connectivity index (χ4v) is 1.38. The molecule has 1 aromatic heterocycles. The molecular formula is C8H13ClN4O. The molecule has 0 spiro atoms. The minimum atomic E-state index is 0. The molecule has 1 fully saturated rings. The summed E-state index contributed by atoms with van der Waals surface area (Å²) in [7, 11) is 2.05. The first kappa shape index (κ1) is 11.3. The van der Waals surface area contributed by atoms with E-state index in [1.165, 1.54) is 12.7 Å². The molecule has 78 valence electrons. The highest BCUT2D eigenvalue weighted by Gasteiger charge is 2.23. The molecule has 0 aliphatic carbocycles. The third-order valence-electron chi connectivity index (χ3n) is 2.21. The zero-order valence-corrected chi connectivity index (χ0v) is 8.78. The molecule has 2 rings (SSSR count). The molecule has 1 saturated heterocycles. The fourth-order valence-electron chi connectivity index (χ4n) is 1.38. The molecule has 0 radical (unpaired) electrons. The van der Waals surface area contributed by atoms with E-state index in [2.05, 4.69) is 26.9 Å². The maximum atomic E-state index is 5.36. The Morgan fingerprint density at radius 2 is 2.14 bits per heavy atom. The number of hydrogen-bond donors (Lipinski definition) is 0. The molecule has 1 aromatic rings. The molecule has 1 unspecified atom stereocenters. The van der Waals surface area contributed by atoms with Gasteiger partial charge in [-0.15, -0.1) is 12.4 Å². The summed E-state index contributed by atoms with van der Waals surface area (Å²) in [6.45, 7) is 2.38. The Morgan fingerprint density at radius 1 is 1.43 bits per heavy atom. The number of aromatic nitrogens is 3. The van der Waals surface area contributed by atoms with Crippen LogP contribution in [0.5, 0.6) is 0 Å². The smallest absolute Gasteiger partial charge is 0.151 e. The van der Waals surface area contributed by atoms with E-state index in [0.717, 1.165) is 19.0 Å². The van der Waals surface area contributed by atoms with Crippen LogP contribution in [0.2, 0.25) is 0 Å². The lowest BCUT2D eigenvalue weighted by atomic mass is 10.2. The van der Waals surface area contributed by atoms with Gasteiger partial charge in [0.25, 0.3) is 0 Å². The molecule has 1 atom stereocenters. The van der Waals surface area contributed by atoms with Crippen molar-refractivity contribution in [2.24, 2.45) is 0 Å². The number of rotatable bonds is 1. The van der Waals surface area contributed by atoms with E-state index in [-0.39, 0.29) is 18.4 Å². The van der Waals surface area contributed by atoms with Crippen molar-refractivity contribution >= 4 is 12.4 Å². The van der Waals surface area contributed by atoms with E-state index < -0.39 is 0 Å². The van der Waals surface area contributed by atoms with Gasteiger partial charge in [0.05, 0.1) is 19.3 Å². The van der Waals surface area contributed by atoms with Crippen molar-refractivity contribution in [3.05, 3.63) is 18.5 Å². The summed E-state index contributed by atoms with van der Waals surface area (Å²) in [4.78, 5) is 14.2. The molecule has 0 amide bonds. The molecule has 1 aliphatic heterocycles. The molecule has 0 saturated carbocycles. The van der Waals surface area contributed by atoms with Crippen LogP contribution in [-0.4, -0.2) is 46.7 Å². The second-order valence-corrected chi connectivity index (χ2v) is 3.07. The lowest BCUT2D eigenvalue weighted by Crippen LogP contribution is -2.37. The molecular weight excluding hydrogens is 204 g/mol. The third kappa shape index (κ3) is 2.37. The summed E-state index contributed by atoms with van der Waals surface area (Å²) in [5.41, 5.74) is 0. The van der Waals surface area contributed by atoms with Crippen molar-refractivity contribution in [3.8, 4) is 0 Å². The Bertz CT molecular complexity index is 271. The van der Waals surface area contributed by atoms with Gasteiger partial charge in [0.1, 0.15) is 12.7 Å². The Morgan fingerprint density at radius 3 is 2.79 bits per heavy atom. The molecule has 5 nitrogen and oxygen atoms in total. The predicted octanol–water partition coefficient (Wildman–Crippen LogP) is 0.296. The van der Waals surface area contributed by atoms with Gasteiger partial charge in [0, 0.05) is 6.54 Å². The molecule has 14 heavy (non-hydrogen) atoms. The van der Waals surface area contributed by atoms with Gasteiger partial charge in [-0.2, -0.15) is 0 Å². The first-order valence-corrected chi connectivity index (χ1v) is 4.28. The van der Waals surface area contributed by atoms with Crippen LogP contribution < -0.4 is 0 Å². The zero-order valence-electron chi connectivity index (χ0n) is 7.96. The highest BCUT2D eigenvalue weighted by Crippen LogP contribution is 2.17.